The molecule has 0 atom stereocenters. The van der Waals surface area contributed by atoms with Crippen LogP contribution in [0.2, 0.25) is 0 Å². The van der Waals surface area contributed by atoms with Crippen LogP contribution in [0.1, 0.15) is 36.5 Å². The van der Waals surface area contributed by atoms with Crippen LogP contribution in [0.5, 0.6) is 0 Å². The molecule has 68 heavy (non-hydrogen) atoms. The van der Waals surface area contributed by atoms with Gasteiger partial charge in [0.1, 0.15) is 0 Å². The molecule has 0 spiro atoms. The van der Waals surface area contributed by atoms with Gasteiger partial charge < -0.3 is 14.7 Å². The van der Waals surface area contributed by atoms with Crippen LogP contribution in [0.25, 0.3) is 11.1 Å². The van der Waals surface area contributed by atoms with Crippen molar-refractivity contribution in [3.63, 3.8) is 0 Å². The van der Waals surface area contributed by atoms with Crippen molar-refractivity contribution in [3.05, 3.63) is 296 Å². The summed E-state index contributed by atoms with van der Waals surface area (Å²) < 4.78 is 0. The molecule has 0 bridgehead atoms. The first-order valence-corrected chi connectivity index (χ1v) is 23.5. The highest BCUT2D eigenvalue weighted by Gasteiger charge is 2.17. The second-order valence-corrected chi connectivity index (χ2v) is 17.0. The lowest BCUT2D eigenvalue weighted by Crippen LogP contribution is -2.12. The zero-order valence-corrected chi connectivity index (χ0v) is 39.5. The van der Waals surface area contributed by atoms with Gasteiger partial charge in [0, 0.05) is 51.2 Å². The van der Waals surface area contributed by atoms with Crippen molar-refractivity contribution in [1.82, 2.24) is 0 Å². The number of rotatable bonds is 11. The van der Waals surface area contributed by atoms with E-state index < -0.39 is 0 Å². The van der Waals surface area contributed by atoms with Gasteiger partial charge in [-0.1, -0.05) is 195 Å². The molecule has 334 valence electrons. The first kappa shape index (κ1) is 46.1. The third-order valence-corrected chi connectivity index (χ3v) is 11.7. The summed E-state index contributed by atoms with van der Waals surface area (Å²) >= 11 is 0. The molecule has 0 aliphatic heterocycles. The Morgan fingerprint density at radius 3 is 0.662 bits per heavy atom. The lowest BCUT2D eigenvalue weighted by molar-refractivity contribution is 0.867. The fraction of sp³-hybridized carbons (Fsp3) is 0.0769. The quantitative estimate of drug-likeness (QED) is 0.128. The van der Waals surface area contributed by atoms with Gasteiger partial charge in [-0.3, -0.25) is 0 Å². The van der Waals surface area contributed by atoms with E-state index in [9.17, 15) is 0 Å². The summed E-state index contributed by atoms with van der Waals surface area (Å²) in [6, 6.07) is 98.2. The zero-order valence-electron chi connectivity index (χ0n) is 39.5. The largest absolute Gasteiger partial charge is 0.311 e. The van der Waals surface area contributed by atoms with Crippen LogP contribution in [-0.2, 0) is 0 Å². The third-order valence-electron chi connectivity index (χ3n) is 11.7. The molecule has 0 radical (unpaired) electrons. The van der Waals surface area contributed by atoms with Gasteiger partial charge in [0.25, 0.3) is 0 Å². The summed E-state index contributed by atoms with van der Waals surface area (Å²) in [5.41, 5.74) is 16.3. The van der Waals surface area contributed by atoms with E-state index in [0.29, 0.717) is 5.92 Å². The molecular formula is C65H59N3. The minimum absolute atomic E-state index is 0.659. The highest BCUT2D eigenvalue weighted by molar-refractivity contribution is 5.83. The minimum atomic E-state index is 0.659. The minimum Gasteiger partial charge on any atom is -0.311 e. The van der Waals surface area contributed by atoms with Gasteiger partial charge in [-0.25, -0.2) is 0 Å². The monoisotopic (exact) mass is 881 g/mol. The predicted molar refractivity (Wildman–Crippen MR) is 292 cm³/mol. The topological polar surface area (TPSA) is 9.72 Å². The normalized spacial score (nSPS) is 10.5. The standard InChI is InChI=1S/C49H39N3.C9H12.C7H8/c1-38-22-28-45(29-23-38)51(43-18-10-4-11-19-43)46-30-24-39(25-31-46)40-26-32-47(33-27-40)52(44-20-12-5-13-21-44)49-36-34-48(35-37-49)50(41-14-6-2-7-15-41)42-16-8-3-9-17-42;1-8(2)9-6-4-3-5-7-9;1-7-5-3-2-4-6-7/h2-37H,1H3;3-8H,1-2H3;2-6H,1H3. The molecule has 0 unspecified atom stereocenters. The third kappa shape index (κ3) is 12.1. The molecular weight excluding hydrogens is 823 g/mol. The van der Waals surface area contributed by atoms with Crippen molar-refractivity contribution in [3.8, 4) is 11.1 Å². The van der Waals surface area contributed by atoms with Crippen LogP contribution < -0.4 is 14.7 Å². The van der Waals surface area contributed by atoms with Gasteiger partial charge in [-0.15, -0.1) is 0 Å². The number of para-hydroxylation sites is 4. The Kier molecular flexibility index (Phi) is 15.7. The number of nitrogens with zero attached hydrogens (tertiary/aromatic N) is 3. The van der Waals surface area contributed by atoms with E-state index in [4.69, 9.17) is 0 Å². The van der Waals surface area contributed by atoms with Crippen LogP contribution in [0, 0.1) is 13.8 Å². The molecule has 10 aromatic rings. The Labute approximate surface area is 404 Å². The van der Waals surface area contributed by atoms with Crippen molar-refractivity contribution >= 4 is 51.2 Å². The van der Waals surface area contributed by atoms with E-state index in [-0.39, 0.29) is 0 Å². The highest BCUT2D eigenvalue weighted by Crippen LogP contribution is 2.40. The molecule has 0 amide bonds. The Morgan fingerprint density at radius 1 is 0.221 bits per heavy atom. The van der Waals surface area contributed by atoms with E-state index in [1.54, 1.807) is 0 Å². The Morgan fingerprint density at radius 2 is 0.426 bits per heavy atom. The maximum absolute atomic E-state index is 2.31. The molecule has 0 aromatic heterocycles. The SMILES string of the molecule is CC(C)c1ccccc1.Cc1ccc(N(c2ccccc2)c2ccc(-c3ccc(N(c4ccccc4)c4ccc(N(c5ccccc5)c5ccccc5)cc4)cc3)cc2)cc1.Cc1ccccc1. The van der Waals surface area contributed by atoms with E-state index in [2.05, 4.69) is 297 Å². The molecule has 0 saturated carbocycles. The lowest BCUT2D eigenvalue weighted by atomic mass is 10.0. The molecule has 0 fully saturated rings. The van der Waals surface area contributed by atoms with Crippen LogP contribution in [0.3, 0.4) is 0 Å². The molecule has 0 aliphatic carbocycles. The molecule has 10 aromatic carbocycles. The maximum atomic E-state index is 2.31. The summed E-state index contributed by atoms with van der Waals surface area (Å²) in [5, 5.41) is 0. The molecule has 3 nitrogen and oxygen atoms in total. The number of anilines is 9. The number of aryl methyl sites for hydroxylation is 2. The summed E-state index contributed by atoms with van der Waals surface area (Å²) in [6.45, 7) is 8.61. The van der Waals surface area contributed by atoms with Crippen LogP contribution >= 0.6 is 0 Å². The Balaban J connectivity index is 0.000000330. The second kappa shape index (κ2) is 23.2. The van der Waals surface area contributed by atoms with Gasteiger partial charge in [0.15, 0.2) is 0 Å². The van der Waals surface area contributed by atoms with E-state index in [1.807, 2.05) is 24.3 Å². The van der Waals surface area contributed by atoms with Crippen LogP contribution in [-0.4, -0.2) is 0 Å². The Hall–Kier alpha value is -8.40. The first-order valence-electron chi connectivity index (χ1n) is 23.5. The van der Waals surface area contributed by atoms with Crippen molar-refractivity contribution < 1.29 is 0 Å². The number of hydrogen-bond acceptors (Lipinski definition) is 3. The van der Waals surface area contributed by atoms with E-state index in [0.717, 1.165) is 51.2 Å². The maximum Gasteiger partial charge on any atom is 0.0463 e. The molecule has 0 heterocycles. The Bertz CT molecular complexity index is 2940. The highest BCUT2D eigenvalue weighted by atomic mass is 15.2. The fourth-order valence-corrected chi connectivity index (χ4v) is 8.07. The molecule has 0 aliphatic rings. The van der Waals surface area contributed by atoms with Crippen LogP contribution in [0.4, 0.5) is 51.2 Å². The zero-order chi connectivity index (χ0) is 46.9. The first-order chi connectivity index (χ1) is 33.4. The predicted octanol–water partition coefficient (Wildman–Crippen LogP) is 18.9. The molecule has 0 saturated heterocycles. The summed E-state index contributed by atoms with van der Waals surface area (Å²) in [5.74, 6) is 0.659. The van der Waals surface area contributed by atoms with Gasteiger partial charge in [-0.05, 0) is 146 Å². The van der Waals surface area contributed by atoms with Gasteiger partial charge >= 0.3 is 0 Å². The van der Waals surface area contributed by atoms with E-state index in [1.165, 1.54) is 27.8 Å². The number of hydrogen-bond donors (Lipinski definition) is 0. The second-order valence-electron chi connectivity index (χ2n) is 17.0. The van der Waals surface area contributed by atoms with E-state index >= 15 is 0 Å². The molecule has 0 N–H and O–H groups in total. The van der Waals surface area contributed by atoms with Crippen molar-refractivity contribution in [2.24, 2.45) is 0 Å². The smallest absolute Gasteiger partial charge is 0.0463 e. The average molecular weight is 882 g/mol. The van der Waals surface area contributed by atoms with Crippen molar-refractivity contribution in [1.29, 1.82) is 0 Å². The van der Waals surface area contributed by atoms with Crippen molar-refractivity contribution in [2.75, 3.05) is 14.7 Å². The van der Waals surface area contributed by atoms with Gasteiger partial charge in [0.2, 0.25) is 0 Å². The molecule has 10 rings (SSSR count). The summed E-state index contributed by atoms with van der Waals surface area (Å²) in [4.78, 5) is 6.90. The lowest BCUT2D eigenvalue weighted by Gasteiger charge is -2.28. The van der Waals surface area contributed by atoms with Gasteiger partial charge in [-0.2, -0.15) is 0 Å². The average Bonchev–Trinajstić information content (AvgIpc) is 3.40. The summed E-state index contributed by atoms with van der Waals surface area (Å²) in [6.07, 6.45) is 0. The number of benzene rings is 10. The van der Waals surface area contributed by atoms with Gasteiger partial charge in [0.05, 0.1) is 0 Å². The fourth-order valence-electron chi connectivity index (χ4n) is 8.07. The summed E-state index contributed by atoms with van der Waals surface area (Å²) in [7, 11) is 0. The van der Waals surface area contributed by atoms with Crippen LogP contribution in [0.15, 0.2) is 279 Å². The van der Waals surface area contributed by atoms with Crippen molar-refractivity contribution in [2.45, 2.75) is 33.6 Å². The molecule has 3 heteroatoms.